The third-order valence-electron chi connectivity index (χ3n) is 4.08. The summed E-state index contributed by atoms with van der Waals surface area (Å²) in [4.78, 5) is 25.4. The van der Waals surface area contributed by atoms with Crippen molar-refractivity contribution in [2.24, 2.45) is 20.0 Å². The molecule has 6 heteroatoms. The van der Waals surface area contributed by atoms with E-state index in [0.29, 0.717) is 25.3 Å². The Balaban J connectivity index is 2.15. The van der Waals surface area contributed by atoms with Crippen LogP contribution in [-0.4, -0.2) is 37.8 Å². The van der Waals surface area contributed by atoms with Crippen molar-refractivity contribution < 1.29 is 5.11 Å². The van der Waals surface area contributed by atoms with Gasteiger partial charge in [-0.3, -0.25) is 18.8 Å². The number of likely N-dealkylation sites (tertiary alicyclic amines) is 1. The van der Waals surface area contributed by atoms with E-state index in [1.807, 2.05) is 18.7 Å². The van der Waals surface area contributed by atoms with Crippen molar-refractivity contribution in [2.75, 3.05) is 13.1 Å². The van der Waals surface area contributed by atoms with E-state index in [-0.39, 0.29) is 17.2 Å². The predicted octanol–water partition coefficient (Wildman–Crippen LogP) is -0.713. The largest absolute Gasteiger partial charge is 0.387 e. The van der Waals surface area contributed by atoms with Gasteiger partial charge in [0.1, 0.15) is 0 Å². The number of aliphatic hydroxyl groups is 1. The van der Waals surface area contributed by atoms with Crippen molar-refractivity contribution in [1.82, 2.24) is 14.0 Å². The molecule has 1 fully saturated rings. The van der Waals surface area contributed by atoms with Crippen molar-refractivity contribution in [3.63, 3.8) is 0 Å². The lowest BCUT2D eigenvalue weighted by Crippen LogP contribution is -2.64. The van der Waals surface area contributed by atoms with E-state index in [4.69, 9.17) is 0 Å². The van der Waals surface area contributed by atoms with Crippen LogP contribution < -0.4 is 11.2 Å². The number of hydrogen-bond acceptors (Lipinski definition) is 4. The van der Waals surface area contributed by atoms with Crippen LogP contribution in [0.1, 0.15) is 19.5 Å². The molecule has 1 aromatic heterocycles. The van der Waals surface area contributed by atoms with Crippen molar-refractivity contribution >= 4 is 0 Å². The minimum absolute atomic E-state index is 0.205. The fourth-order valence-corrected chi connectivity index (χ4v) is 2.36. The third-order valence-corrected chi connectivity index (χ3v) is 4.08. The Bertz CT molecular complexity index is 594. The summed E-state index contributed by atoms with van der Waals surface area (Å²) in [5, 5.41) is 10.2. The second-order valence-electron chi connectivity index (χ2n) is 5.78. The molecule has 0 atom stereocenters. The van der Waals surface area contributed by atoms with Gasteiger partial charge in [-0.2, -0.15) is 0 Å². The van der Waals surface area contributed by atoms with E-state index < -0.39 is 5.60 Å². The molecule has 2 heterocycles. The Hall–Kier alpha value is -1.40. The molecule has 1 aromatic rings. The van der Waals surface area contributed by atoms with E-state index >= 15 is 0 Å². The van der Waals surface area contributed by atoms with Crippen molar-refractivity contribution in [3.05, 3.63) is 32.6 Å². The van der Waals surface area contributed by atoms with Gasteiger partial charge in [-0.05, 0) is 5.92 Å². The molecule has 0 saturated carbocycles. The summed E-state index contributed by atoms with van der Waals surface area (Å²) in [6.07, 6.45) is 0. The molecule has 0 bridgehead atoms. The van der Waals surface area contributed by atoms with Gasteiger partial charge in [-0.15, -0.1) is 0 Å². The van der Waals surface area contributed by atoms with Crippen LogP contribution in [-0.2, 0) is 20.6 Å². The summed E-state index contributed by atoms with van der Waals surface area (Å²) >= 11 is 0. The molecular weight excluding hydrogens is 246 g/mol. The molecule has 0 aliphatic carbocycles. The zero-order chi connectivity index (χ0) is 14.4. The molecule has 1 saturated heterocycles. The summed E-state index contributed by atoms with van der Waals surface area (Å²) in [7, 11) is 3.13. The van der Waals surface area contributed by atoms with E-state index in [0.717, 1.165) is 4.57 Å². The average molecular weight is 267 g/mol. The molecule has 106 valence electrons. The monoisotopic (exact) mass is 267 g/mol. The molecule has 0 amide bonds. The van der Waals surface area contributed by atoms with Gasteiger partial charge >= 0.3 is 5.69 Å². The Morgan fingerprint density at radius 2 is 1.84 bits per heavy atom. The van der Waals surface area contributed by atoms with Crippen LogP contribution in [0.25, 0.3) is 0 Å². The lowest BCUT2D eigenvalue weighted by Gasteiger charge is -2.49. The van der Waals surface area contributed by atoms with Crippen LogP contribution in [0.15, 0.2) is 15.7 Å². The van der Waals surface area contributed by atoms with Crippen LogP contribution in [0.4, 0.5) is 0 Å². The average Bonchev–Trinajstić information content (AvgIpc) is 2.30. The first kappa shape index (κ1) is 14.0. The van der Waals surface area contributed by atoms with Crippen LogP contribution in [0.5, 0.6) is 0 Å². The molecular formula is C13H21N3O3. The van der Waals surface area contributed by atoms with Gasteiger partial charge < -0.3 is 5.11 Å². The maximum atomic E-state index is 11.8. The van der Waals surface area contributed by atoms with Gasteiger partial charge in [0.25, 0.3) is 5.56 Å². The van der Waals surface area contributed by atoms with Gasteiger partial charge in [0.05, 0.1) is 5.60 Å². The first-order valence-corrected chi connectivity index (χ1v) is 6.45. The van der Waals surface area contributed by atoms with Crippen molar-refractivity contribution in [1.29, 1.82) is 0 Å². The van der Waals surface area contributed by atoms with Gasteiger partial charge in [-0.1, -0.05) is 13.8 Å². The lowest BCUT2D eigenvalue weighted by molar-refractivity contribution is -0.131. The molecule has 0 spiro atoms. The summed E-state index contributed by atoms with van der Waals surface area (Å²) in [6.45, 7) is 5.65. The topological polar surface area (TPSA) is 67.5 Å². The van der Waals surface area contributed by atoms with E-state index in [1.54, 1.807) is 7.05 Å². The number of β-amino-alcohol motifs (C(OH)–C–C–N with tert-alkyl or cyclic N) is 1. The number of nitrogens with zero attached hydrogens (tertiary/aromatic N) is 3. The van der Waals surface area contributed by atoms with Crippen molar-refractivity contribution in [3.8, 4) is 0 Å². The van der Waals surface area contributed by atoms with Gasteiger partial charge in [-0.25, -0.2) is 4.79 Å². The molecule has 0 unspecified atom stereocenters. The highest BCUT2D eigenvalue weighted by Gasteiger charge is 2.43. The molecule has 1 aliphatic rings. The maximum absolute atomic E-state index is 11.8. The molecule has 1 N–H and O–H groups in total. The highest BCUT2D eigenvalue weighted by atomic mass is 16.3. The standard InChI is InChI=1S/C13H21N3O3/c1-9(2)13(19)7-16(8-13)6-10-5-11(17)15(4)12(18)14(10)3/h5,9,19H,6-8H2,1-4H3. The van der Waals surface area contributed by atoms with Crippen LogP contribution >= 0.6 is 0 Å². The minimum Gasteiger partial charge on any atom is -0.387 e. The molecule has 0 radical (unpaired) electrons. The second-order valence-corrected chi connectivity index (χ2v) is 5.78. The fraction of sp³-hybridized carbons (Fsp3) is 0.692. The second kappa shape index (κ2) is 4.61. The molecule has 1 aliphatic heterocycles. The molecule has 2 rings (SSSR count). The quantitative estimate of drug-likeness (QED) is 0.785. The first-order valence-electron chi connectivity index (χ1n) is 6.45. The molecule has 19 heavy (non-hydrogen) atoms. The van der Waals surface area contributed by atoms with Crippen LogP contribution in [0, 0.1) is 5.92 Å². The van der Waals surface area contributed by atoms with Gasteiger partial charge in [0.2, 0.25) is 0 Å². The Labute approximate surface area is 111 Å². The van der Waals surface area contributed by atoms with Crippen molar-refractivity contribution in [2.45, 2.75) is 26.0 Å². The van der Waals surface area contributed by atoms with E-state index in [1.165, 1.54) is 17.7 Å². The third kappa shape index (κ3) is 2.37. The summed E-state index contributed by atoms with van der Waals surface area (Å²) < 4.78 is 2.57. The Morgan fingerprint density at radius 3 is 2.37 bits per heavy atom. The highest BCUT2D eigenvalue weighted by Crippen LogP contribution is 2.29. The highest BCUT2D eigenvalue weighted by molar-refractivity contribution is 5.06. The summed E-state index contributed by atoms with van der Waals surface area (Å²) in [5.41, 5.74) is -0.572. The van der Waals surface area contributed by atoms with E-state index in [2.05, 4.69) is 0 Å². The minimum atomic E-state index is -0.640. The normalized spacial score (nSPS) is 18.6. The zero-order valence-corrected chi connectivity index (χ0v) is 11.9. The molecule has 0 aromatic carbocycles. The Morgan fingerprint density at radius 1 is 1.26 bits per heavy atom. The van der Waals surface area contributed by atoms with E-state index in [9.17, 15) is 14.7 Å². The van der Waals surface area contributed by atoms with Gasteiger partial charge in [0.15, 0.2) is 0 Å². The number of aromatic nitrogens is 2. The maximum Gasteiger partial charge on any atom is 0.330 e. The predicted molar refractivity (Wildman–Crippen MR) is 72.0 cm³/mol. The van der Waals surface area contributed by atoms with Gasteiger partial charge in [0, 0.05) is 45.5 Å². The SMILES string of the molecule is CC(C)C1(O)CN(Cc2cc(=O)n(C)c(=O)n2C)C1. The van der Waals surface area contributed by atoms with Crippen LogP contribution in [0.3, 0.4) is 0 Å². The Kier molecular flexibility index (Phi) is 3.40. The number of hydrogen-bond donors (Lipinski definition) is 1. The smallest absolute Gasteiger partial charge is 0.330 e. The lowest BCUT2D eigenvalue weighted by atomic mass is 9.83. The van der Waals surface area contributed by atoms with Crippen LogP contribution in [0.2, 0.25) is 0 Å². The first-order chi connectivity index (χ1) is 8.74. The summed E-state index contributed by atoms with van der Waals surface area (Å²) in [6, 6.07) is 1.48. The zero-order valence-electron chi connectivity index (χ0n) is 11.9. The number of rotatable bonds is 3. The molecule has 6 nitrogen and oxygen atoms in total. The fourth-order valence-electron chi connectivity index (χ4n) is 2.36. The summed E-state index contributed by atoms with van der Waals surface area (Å²) in [5.74, 6) is 0.205.